The number of aromatic nitrogens is 2. The molecule has 0 bridgehead atoms. The third kappa shape index (κ3) is 3.37. The van der Waals surface area contributed by atoms with Gasteiger partial charge in [-0.15, -0.1) is 11.3 Å². The number of rotatable bonds is 5. The average molecular weight is 378 g/mol. The van der Waals surface area contributed by atoms with Crippen molar-refractivity contribution < 1.29 is 9.47 Å². The highest BCUT2D eigenvalue weighted by atomic mass is 35.5. The normalized spacial score (nSPS) is 11.2. The summed E-state index contributed by atoms with van der Waals surface area (Å²) >= 11 is 8.08. The first-order valence-corrected chi connectivity index (χ1v) is 9.09. The van der Waals surface area contributed by atoms with Gasteiger partial charge in [0.25, 0.3) is 0 Å². The quantitative estimate of drug-likeness (QED) is 0.665. The van der Waals surface area contributed by atoms with Crippen LogP contribution in [0.1, 0.15) is 18.7 Å². The van der Waals surface area contributed by atoms with E-state index in [1.165, 1.54) is 0 Å². The Balaban J connectivity index is 2.20. The maximum absolute atomic E-state index is 6.47. The second-order valence-electron chi connectivity index (χ2n) is 5.91. The fraction of sp³-hybridized carbons (Fsp3) is 0.333. The van der Waals surface area contributed by atoms with Crippen molar-refractivity contribution in [2.75, 3.05) is 19.5 Å². The highest BCUT2D eigenvalue weighted by Crippen LogP contribution is 2.39. The average Bonchev–Trinajstić information content (AvgIpc) is 2.94. The molecule has 0 aliphatic carbocycles. The standard InChI is InChI=1S/C18H20ClN3O2S/c1-9(2)20-18-22-16(10(3)25-18)12-8-14(24-5)11-6-7-13(23-4)15(19)17(11)21-12/h6-9H,1-5H3,(H,20,22). The van der Waals surface area contributed by atoms with E-state index in [-0.39, 0.29) is 0 Å². The molecule has 0 saturated carbocycles. The van der Waals surface area contributed by atoms with Crippen LogP contribution < -0.4 is 14.8 Å². The zero-order valence-corrected chi connectivity index (χ0v) is 16.4. The zero-order chi connectivity index (χ0) is 18.1. The van der Waals surface area contributed by atoms with Gasteiger partial charge in [-0.05, 0) is 32.9 Å². The summed E-state index contributed by atoms with van der Waals surface area (Å²) in [4.78, 5) is 10.5. The van der Waals surface area contributed by atoms with Gasteiger partial charge in [0.15, 0.2) is 5.13 Å². The molecule has 3 aromatic rings. The van der Waals surface area contributed by atoms with Crippen LogP contribution in [0.5, 0.6) is 11.5 Å². The van der Waals surface area contributed by atoms with Gasteiger partial charge in [-0.2, -0.15) is 0 Å². The number of methoxy groups -OCH3 is 2. The molecule has 0 spiro atoms. The number of ether oxygens (including phenoxy) is 2. The number of nitrogens with one attached hydrogen (secondary N) is 1. The second-order valence-corrected chi connectivity index (χ2v) is 7.49. The lowest BCUT2D eigenvalue weighted by atomic mass is 10.1. The first-order chi connectivity index (χ1) is 11.9. The van der Waals surface area contributed by atoms with Crippen LogP contribution in [0.3, 0.4) is 0 Å². The van der Waals surface area contributed by atoms with E-state index in [4.69, 9.17) is 26.1 Å². The molecule has 0 aliphatic heterocycles. The molecular formula is C18H20ClN3O2S. The predicted molar refractivity (Wildman–Crippen MR) is 104 cm³/mol. The predicted octanol–water partition coefficient (Wildman–Crippen LogP) is 5.16. The highest BCUT2D eigenvalue weighted by molar-refractivity contribution is 7.16. The molecule has 0 fully saturated rings. The van der Waals surface area contributed by atoms with E-state index < -0.39 is 0 Å². The van der Waals surface area contributed by atoms with Gasteiger partial charge < -0.3 is 14.8 Å². The SMILES string of the molecule is COc1ccc2c(OC)cc(-c3nc(NC(C)C)sc3C)nc2c1Cl. The summed E-state index contributed by atoms with van der Waals surface area (Å²) in [6.45, 7) is 6.20. The van der Waals surface area contributed by atoms with Crippen molar-refractivity contribution in [3.63, 3.8) is 0 Å². The molecule has 132 valence electrons. The summed E-state index contributed by atoms with van der Waals surface area (Å²) in [7, 11) is 3.22. The van der Waals surface area contributed by atoms with Gasteiger partial charge in [-0.3, -0.25) is 0 Å². The van der Waals surface area contributed by atoms with Crippen LogP contribution in [0, 0.1) is 6.92 Å². The minimum atomic E-state index is 0.316. The van der Waals surface area contributed by atoms with E-state index in [9.17, 15) is 0 Å². The lowest BCUT2D eigenvalue weighted by Gasteiger charge is -2.11. The molecule has 0 atom stereocenters. The van der Waals surface area contributed by atoms with Crippen molar-refractivity contribution in [2.45, 2.75) is 26.8 Å². The van der Waals surface area contributed by atoms with Crippen LogP contribution in [0.25, 0.3) is 22.3 Å². The van der Waals surface area contributed by atoms with E-state index in [2.05, 4.69) is 24.1 Å². The second kappa shape index (κ2) is 7.06. The van der Waals surface area contributed by atoms with Crippen molar-refractivity contribution in [1.82, 2.24) is 9.97 Å². The van der Waals surface area contributed by atoms with Gasteiger partial charge in [-0.25, -0.2) is 9.97 Å². The van der Waals surface area contributed by atoms with Gasteiger partial charge in [0.2, 0.25) is 0 Å². The van der Waals surface area contributed by atoms with Crippen molar-refractivity contribution in [3.8, 4) is 22.9 Å². The lowest BCUT2D eigenvalue weighted by molar-refractivity contribution is 0.414. The number of halogens is 1. The molecule has 0 radical (unpaired) electrons. The molecule has 0 amide bonds. The smallest absolute Gasteiger partial charge is 0.183 e. The maximum atomic E-state index is 6.47. The Morgan fingerprint density at radius 1 is 1.12 bits per heavy atom. The summed E-state index contributed by atoms with van der Waals surface area (Å²) in [5.41, 5.74) is 2.19. The fourth-order valence-electron chi connectivity index (χ4n) is 2.60. The number of aryl methyl sites for hydroxylation is 1. The van der Waals surface area contributed by atoms with E-state index in [0.717, 1.165) is 26.8 Å². The molecule has 25 heavy (non-hydrogen) atoms. The first-order valence-electron chi connectivity index (χ1n) is 7.90. The number of pyridine rings is 1. The summed E-state index contributed by atoms with van der Waals surface area (Å²) in [5, 5.41) is 5.51. The van der Waals surface area contributed by atoms with Gasteiger partial charge >= 0.3 is 0 Å². The molecule has 2 heterocycles. The third-order valence-electron chi connectivity index (χ3n) is 3.74. The van der Waals surface area contributed by atoms with Gasteiger partial charge in [-0.1, -0.05) is 11.6 Å². The molecule has 0 unspecified atom stereocenters. The number of fused-ring (bicyclic) bond motifs is 1. The van der Waals surface area contributed by atoms with Crippen LogP contribution >= 0.6 is 22.9 Å². The van der Waals surface area contributed by atoms with Crippen LogP contribution in [0.15, 0.2) is 18.2 Å². The Hall–Kier alpha value is -2.05. The van der Waals surface area contributed by atoms with Crippen LogP contribution in [0.2, 0.25) is 5.02 Å². The summed E-state index contributed by atoms with van der Waals surface area (Å²) in [5.74, 6) is 1.29. The Kier molecular flexibility index (Phi) is 5.01. The largest absolute Gasteiger partial charge is 0.496 e. The van der Waals surface area contributed by atoms with Crippen molar-refractivity contribution >= 4 is 39.0 Å². The van der Waals surface area contributed by atoms with E-state index in [1.807, 2.05) is 25.1 Å². The number of benzene rings is 1. The molecule has 5 nitrogen and oxygen atoms in total. The Morgan fingerprint density at radius 3 is 2.48 bits per heavy atom. The van der Waals surface area contributed by atoms with Crippen molar-refractivity contribution in [3.05, 3.63) is 28.1 Å². The summed E-state index contributed by atoms with van der Waals surface area (Å²) < 4.78 is 10.9. The monoisotopic (exact) mass is 377 g/mol. The lowest BCUT2D eigenvalue weighted by Crippen LogP contribution is -2.09. The Morgan fingerprint density at radius 2 is 1.84 bits per heavy atom. The van der Waals surface area contributed by atoms with E-state index in [0.29, 0.717) is 28.1 Å². The number of anilines is 1. The molecule has 0 saturated heterocycles. The minimum absolute atomic E-state index is 0.316. The molecular weight excluding hydrogens is 358 g/mol. The molecule has 0 aliphatic rings. The number of thiazole rings is 1. The number of hydrogen-bond acceptors (Lipinski definition) is 6. The van der Waals surface area contributed by atoms with E-state index in [1.54, 1.807) is 25.6 Å². The van der Waals surface area contributed by atoms with Gasteiger partial charge in [0, 0.05) is 22.4 Å². The summed E-state index contributed by atoms with van der Waals surface area (Å²) in [6.07, 6.45) is 0. The number of nitrogens with zero attached hydrogens (tertiary/aromatic N) is 2. The van der Waals surface area contributed by atoms with Crippen LogP contribution in [-0.2, 0) is 0 Å². The van der Waals surface area contributed by atoms with Crippen LogP contribution in [0.4, 0.5) is 5.13 Å². The Labute approximate surface area is 156 Å². The topological polar surface area (TPSA) is 56.3 Å². The summed E-state index contributed by atoms with van der Waals surface area (Å²) in [6, 6.07) is 5.92. The molecule has 7 heteroatoms. The van der Waals surface area contributed by atoms with Crippen molar-refractivity contribution in [2.24, 2.45) is 0 Å². The Bertz CT molecular complexity index is 924. The van der Waals surface area contributed by atoms with Crippen molar-refractivity contribution in [1.29, 1.82) is 0 Å². The van der Waals surface area contributed by atoms with Gasteiger partial charge in [0.1, 0.15) is 22.2 Å². The number of hydrogen-bond donors (Lipinski definition) is 1. The molecule has 2 aromatic heterocycles. The third-order valence-corrected chi connectivity index (χ3v) is 5.00. The minimum Gasteiger partial charge on any atom is -0.496 e. The van der Waals surface area contributed by atoms with E-state index >= 15 is 0 Å². The highest BCUT2D eigenvalue weighted by Gasteiger charge is 2.17. The van der Waals surface area contributed by atoms with Crippen LogP contribution in [-0.4, -0.2) is 30.2 Å². The van der Waals surface area contributed by atoms with Gasteiger partial charge in [0.05, 0.1) is 25.4 Å². The molecule has 3 rings (SSSR count). The molecule has 1 N–H and O–H groups in total. The first kappa shape index (κ1) is 17.8. The fourth-order valence-corrected chi connectivity index (χ4v) is 3.85. The molecule has 1 aromatic carbocycles. The zero-order valence-electron chi connectivity index (χ0n) is 14.8. The maximum Gasteiger partial charge on any atom is 0.183 e.